The Hall–Kier alpha value is -2.59. The summed E-state index contributed by atoms with van der Waals surface area (Å²) in [6.07, 6.45) is -2.63. The molecular formula is C23H30F3N3O3S. The van der Waals surface area contributed by atoms with E-state index in [1.54, 1.807) is 0 Å². The molecule has 10 heteroatoms. The molecule has 0 radical (unpaired) electrons. The van der Waals surface area contributed by atoms with Crippen LogP contribution in [-0.2, 0) is 4.79 Å². The molecule has 6 nitrogen and oxygen atoms in total. The van der Waals surface area contributed by atoms with Crippen LogP contribution in [0.2, 0.25) is 0 Å². The molecule has 1 aliphatic heterocycles. The molecule has 2 heterocycles. The minimum absolute atomic E-state index is 0.0387. The molecule has 1 atom stereocenters. The van der Waals surface area contributed by atoms with E-state index in [1.807, 2.05) is 29.6 Å². The highest BCUT2D eigenvalue weighted by molar-refractivity contribution is 7.12. The van der Waals surface area contributed by atoms with Gasteiger partial charge in [0.1, 0.15) is 0 Å². The normalized spacial score (nSPS) is 15.7. The third-order valence-electron chi connectivity index (χ3n) is 5.33. The Morgan fingerprint density at radius 1 is 1.12 bits per heavy atom. The minimum Gasteiger partial charge on any atom is -0.475 e. The van der Waals surface area contributed by atoms with Gasteiger partial charge in [-0.05, 0) is 54.6 Å². The first-order valence-corrected chi connectivity index (χ1v) is 11.7. The van der Waals surface area contributed by atoms with Crippen LogP contribution in [0, 0.1) is 5.92 Å². The molecule has 1 aliphatic rings. The number of nitrogens with one attached hydrogen (secondary N) is 1. The molecule has 2 N–H and O–H groups in total. The number of benzene rings is 1. The second-order valence-electron chi connectivity index (χ2n) is 7.94. The van der Waals surface area contributed by atoms with Gasteiger partial charge in [-0.3, -0.25) is 4.79 Å². The number of thiophene rings is 1. The first-order chi connectivity index (χ1) is 15.6. The smallest absolute Gasteiger partial charge is 0.475 e. The van der Waals surface area contributed by atoms with Crippen molar-refractivity contribution in [3.8, 4) is 0 Å². The fraction of sp³-hybridized carbons (Fsp3) is 0.478. The number of hydrogen-bond donors (Lipinski definition) is 2. The van der Waals surface area contributed by atoms with Crippen molar-refractivity contribution in [2.24, 2.45) is 5.92 Å². The van der Waals surface area contributed by atoms with E-state index in [4.69, 9.17) is 9.90 Å². The molecule has 1 saturated heterocycles. The SMILES string of the molecule is CCC(C)CN1CCCN(c2ccc(NC(=O)c3cccs3)cc2)CC1.O=C(O)C(F)(F)F. The van der Waals surface area contributed by atoms with Crippen LogP contribution in [0.3, 0.4) is 0 Å². The van der Waals surface area contributed by atoms with E-state index >= 15 is 0 Å². The van der Waals surface area contributed by atoms with Crippen molar-refractivity contribution in [1.29, 1.82) is 0 Å². The number of amides is 1. The molecular weight excluding hydrogens is 455 g/mol. The Balaban J connectivity index is 0.000000479. The summed E-state index contributed by atoms with van der Waals surface area (Å²) in [5.41, 5.74) is 2.09. The monoisotopic (exact) mass is 485 g/mol. The van der Waals surface area contributed by atoms with Crippen molar-refractivity contribution in [3.05, 3.63) is 46.7 Å². The molecule has 3 rings (SSSR count). The predicted octanol–water partition coefficient (Wildman–Crippen LogP) is 5.19. The molecule has 1 fully saturated rings. The van der Waals surface area contributed by atoms with Crippen LogP contribution in [0.4, 0.5) is 24.5 Å². The van der Waals surface area contributed by atoms with E-state index < -0.39 is 12.1 Å². The van der Waals surface area contributed by atoms with Gasteiger partial charge < -0.3 is 20.2 Å². The molecule has 0 aliphatic carbocycles. The zero-order chi connectivity index (χ0) is 24.4. The maximum atomic E-state index is 12.1. The van der Waals surface area contributed by atoms with E-state index in [9.17, 15) is 18.0 Å². The van der Waals surface area contributed by atoms with Gasteiger partial charge in [0.2, 0.25) is 0 Å². The number of hydrogen-bond acceptors (Lipinski definition) is 5. The van der Waals surface area contributed by atoms with Crippen LogP contribution in [0.25, 0.3) is 0 Å². The van der Waals surface area contributed by atoms with Gasteiger partial charge in [-0.15, -0.1) is 11.3 Å². The van der Waals surface area contributed by atoms with Crippen LogP contribution in [0.1, 0.15) is 36.4 Å². The molecule has 33 heavy (non-hydrogen) atoms. The number of carbonyl (C=O) groups is 2. The second kappa shape index (κ2) is 12.6. The lowest BCUT2D eigenvalue weighted by Crippen LogP contribution is -2.33. The van der Waals surface area contributed by atoms with Gasteiger partial charge >= 0.3 is 12.1 Å². The fourth-order valence-corrected chi connectivity index (χ4v) is 3.96. The first kappa shape index (κ1) is 26.7. The number of aliphatic carboxylic acids is 1. The summed E-state index contributed by atoms with van der Waals surface area (Å²) in [6, 6.07) is 12.0. The fourth-order valence-electron chi connectivity index (χ4n) is 3.34. The molecule has 1 aromatic heterocycles. The van der Waals surface area contributed by atoms with Gasteiger partial charge in [-0.25, -0.2) is 4.79 Å². The van der Waals surface area contributed by atoms with Crippen LogP contribution in [0.15, 0.2) is 41.8 Å². The molecule has 2 aromatic rings. The Kier molecular flexibility index (Phi) is 10.2. The lowest BCUT2D eigenvalue weighted by Gasteiger charge is -2.25. The number of halogens is 3. The topological polar surface area (TPSA) is 72.9 Å². The highest BCUT2D eigenvalue weighted by Gasteiger charge is 2.38. The third kappa shape index (κ3) is 9.05. The first-order valence-electron chi connectivity index (χ1n) is 10.8. The minimum atomic E-state index is -5.08. The highest BCUT2D eigenvalue weighted by atomic mass is 32.1. The van der Waals surface area contributed by atoms with E-state index in [0.717, 1.165) is 36.1 Å². The molecule has 1 unspecified atom stereocenters. The quantitative estimate of drug-likeness (QED) is 0.589. The molecule has 1 amide bonds. The van der Waals surface area contributed by atoms with Gasteiger partial charge in [0, 0.05) is 37.6 Å². The van der Waals surface area contributed by atoms with Gasteiger partial charge in [-0.1, -0.05) is 26.3 Å². The third-order valence-corrected chi connectivity index (χ3v) is 6.20. The van der Waals surface area contributed by atoms with Crippen molar-refractivity contribution in [1.82, 2.24) is 4.90 Å². The summed E-state index contributed by atoms with van der Waals surface area (Å²) in [5.74, 6) is -2.02. The predicted molar refractivity (Wildman–Crippen MR) is 125 cm³/mol. The van der Waals surface area contributed by atoms with Crippen molar-refractivity contribution in [2.75, 3.05) is 42.9 Å². The van der Waals surface area contributed by atoms with Gasteiger partial charge in [0.15, 0.2) is 0 Å². The zero-order valence-electron chi connectivity index (χ0n) is 18.8. The van der Waals surface area contributed by atoms with Crippen molar-refractivity contribution in [2.45, 2.75) is 32.9 Å². The highest BCUT2D eigenvalue weighted by Crippen LogP contribution is 2.21. The lowest BCUT2D eigenvalue weighted by atomic mass is 10.1. The van der Waals surface area contributed by atoms with Gasteiger partial charge in [0.25, 0.3) is 5.91 Å². The average Bonchev–Trinajstić information content (AvgIpc) is 3.22. The Bertz CT molecular complexity index is 873. The number of carbonyl (C=O) groups excluding carboxylic acids is 1. The maximum Gasteiger partial charge on any atom is 0.490 e. The Labute approximate surface area is 196 Å². The summed E-state index contributed by atoms with van der Waals surface area (Å²) in [5, 5.41) is 12.0. The average molecular weight is 486 g/mol. The van der Waals surface area contributed by atoms with Crippen molar-refractivity contribution in [3.63, 3.8) is 0 Å². The van der Waals surface area contributed by atoms with Crippen LogP contribution < -0.4 is 10.2 Å². The zero-order valence-corrected chi connectivity index (χ0v) is 19.6. The van der Waals surface area contributed by atoms with Gasteiger partial charge in [-0.2, -0.15) is 13.2 Å². The number of anilines is 2. The van der Waals surface area contributed by atoms with E-state index in [-0.39, 0.29) is 5.91 Å². The number of carboxylic acids is 1. The molecule has 1 aromatic carbocycles. The van der Waals surface area contributed by atoms with Gasteiger partial charge in [0.05, 0.1) is 4.88 Å². The molecule has 0 saturated carbocycles. The van der Waals surface area contributed by atoms with Crippen LogP contribution in [0.5, 0.6) is 0 Å². The summed E-state index contributed by atoms with van der Waals surface area (Å²) < 4.78 is 31.7. The summed E-state index contributed by atoms with van der Waals surface area (Å²) in [6.45, 7) is 10.3. The van der Waals surface area contributed by atoms with Crippen LogP contribution >= 0.6 is 11.3 Å². The lowest BCUT2D eigenvalue weighted by molar-refractivity contribution is -0.192. The molecule has 0 spiro atoms. The second-order valence-corrected chi connectivity index (χ2v) is 8.88. The summed E-state index contributed by atoms with van der Waals surface area (Å²) >= 11 is 1.46. The standard InChI is InChI=1S/C21H29N3OS.C2HF3O2/c1-3-17(2)16-23-11-5-12-24(14-13-23)19-9-7-18(8-10-19)22-21(25)20-6-4-15-26-20;3-2(4,5)1(6)7/h4,6-10,15,17H,3,5,11-14,16H2,1-2H3,(H,22,25);(H,6,7). The maximum absolute atomic E-state index is 12.1. The largest absolute Gasteiger partial charge is 0.490 e. The van der Waals surface area contributed by atoms with E-state index in [2.05, 4.69) is 41.1 Å². The number of nitrogens with zero attached hydrogens (tertiary/aromatic N) is 2. The Morgan fingerprint density at radius 2 is 1.79 bits per heavy atom. The number of rotatable bonds is 6. The number of alkyl halides is 3. The Morgan fingerprint density at radius 3 is 2.33 bits per heavy atom. The summed E-state index contributed by atoms with van der Waals surface area (Å²) in [7, 11) is 0. The van der Waals surface area contributed by atoms with Crippen LogP contribution in [-0.4, -0.2) is 60.8 Å². The number of carboxylic acid groups (broad SMARTS) is 1. The van der Waals surface area contributed by atoms with E-state index in [0.29, 0.717) is 0 Å². The molecule has 182 valence electrons. The summed E-state index contributed by atoms with van der Waals surface area (Å²) in [4.78, 5) is 26.8. The molecule has 0 bridgehead atoms. The van der Waals surface area contributed by atoms with Crippen molar-refractivity contribution < 1.29 is 27.9 Å². The van der Waals surface area contributed by atoms with E-state index in [1.165, 1.54) is 43.0 Å². The van der Waals surface area contributed by atoms with Crippen molar-refractivity contribution >= 4 is 34.6 Å².